The number of aryl methyl sites for hydroxylation is 1. The molecule has 0 aliphatic rings. The molecule has 5 nitrogen and oxygen atoms in total. The Kier molecular flexibility index (Phi) is 4.37. The first-order valence-electron chi connectivity index (χ1n) is 4.59. The van der Waals surface area contributed by atoms with Crippen LogP contribution < -0.4 is 5.73 Å². The molecule has 1 heterocycles. The van der Waals surface area contributed by atoms with E-state index >= 15 is 0 Å². The lowest BCUT2D eigenvalue weighted by Crippen LogP contribution is -2.34. The van der Waals surface area contributed by atoms with Crippen molar-refractivity contribution in [1.29, 1.82) is 0 Å². The van der Waals surface area contributed by atoms with E-state index < -0.39 is 0 Å². The van der Waals surface area contributed by atoms with Gasteiger partial charge in [0.15, 0.2) is 0 Å². The summed E-state index contributed by atoms with van der Waals surface area (Å²) in [7, 11) is 0. The second kappa shape index (κ2) is 5.33. The van der Waals surface area contributed by atoms with Gasteiger partial charge in [-0.2, -0.15) is 0 Å². The van der Waals surface area contributed by atoms with Gasteiger partial charge in [0.2, 0.25) is 5.16 Å². The third-order valence-electron chi connectivity index (χ3n) is 1.96. The minimum Gasteiger partial charge on any atom is -0.395 e. The third kappa shape index (κ3) is 2.97. The Hall–Kier alpha value is -0.590. The van der Waals surface area contributed by atoms with Gasteiger partial charge < -0.3 is 10.8 Å². The number of rotatable bonds is 5. The molecule has 14 heavy (non-hydrogen) atoms. The first-order chi connectivity index (χ1) is 6.67. The van der Waals surface area contributed by atoms with Crippen LogP contribution in [0.1, 0.15) is 19.2 Å². The quantitative estimate of drug-likeness (QED) is 0.616. The zero-order valence-corrected chi connectivity index (χ0v) is 9.21. The van der Waals surface area contributed by atoms with Crippen LogP contribution in [0, 0.1) is 6.92 Å². The van der Waals surface area contributed by atoms with E-state index in [0.717, 1.165) is 12.2 Å². The molecular formula is C8H16N4OS. The van der Waals surface area contributed by atoms with E-state index in [2.05, 4.69) is 15.2 Å². The summed E-state index contributed by atoms with van der Waals surface area (Å²) >= 11 is 1.41. The maximum atomic E-state index is 9.13. The van der Waals surface area contributed by atoms with Crippen molar-refractivity contribution < 1.29 is 5.11 Å². The van der Waals surface area contributed by atoms with Crippen LogP contribution in [0.2, 0.25) is 0 Å². The predicted molar refractivity (Wildman–Crippen MR) is 56.1 cm³/mol. The van der Waals surface area contributed by atoms with E-state index in [1.165, 1.54) is 11.8 Å². The van der Waals surface area contributed by atoms with E-state index in [9.17, 15) is 0 Å². The Morgan fingerprint density at radius 3 is 2.79 bits per heavy atom. The standard InChI is InChI=1S/C8H16N4OS/c1-3-6(9)7(4-13)14-8-10-5(2)11-12-8/h6-7,13H,3-4,9H2,1-2H3,(H,10,11,12). The van der Waals surface area contributed by atoms with Gasteiger partial charge in [0.05, 0.1) is 11.9 Å². The van der Waals surface area contributed by atoms with Crippen LogP contribution in [0.15, 0.2) is 5.16 Å². The largest absolute Gasteiger partial charge is 0.395 e. The summed E-state index contributed by atoms with van der Waals surface area (Å²) in [4.78, 5) is 4.14. The number of nitrogens with zero attached hydrogens (tertiary/aromatic N) is 2. The Bertz CT molecular complexity index is 278. The first-order valence-corrected chi connectivity index (χ1v) is 5.47. The summed E-state index contributed by atoms with van der Waals surface area (Å²) in [6.07, 6.45) is 0.835. The molecule has 1 rings (SSSR count). The second-order valence-corrected chi connectivity index (χ2v) is 4.32. The van der Waals surface area contributed by atoms with Crippen LogP contribution >= 0.6 is 11.8 Å². The highest BCUT2D eigenvalue weighted by atomic mass is 32.2. The molecule has 1 aromatic heterocycles. The molecule has 0 saturated heterocycles. The number of thioether (sulfide) groups is 1. The van der Waals surface area contributed by atoms with Gasteiger partial charge >= 0.3 is 0 Å². The zero-order valence-electron chi connectivity index (χ0n) is 8.40. The highest BCUT2D eigenvalue weighted by Gasteiger charge is 2.18. The molecule has 0 fully saturated rings. The van der Waals surface area contributed by atoms with Crippen LogP contribution in [-0.2, 0) is 0 Å². The summed E-state index contributed by atoms with van der Waals surface area (Å²) < 4.78 is 0. The topological polar surface area (TPSA) is 87.8 Å². The SMILES string of the molecule is CCC(N)C(CO)Sc1n[nH]c(C)n1. The van der Waals surface area contributed by atoms with Crippen molar-refractivity contribution in [2.75, 3.05) is 6.61 Å². The Morgan fingerprint density at radius 2 is 2.36 bits per heavy atom. The fraction of sp³-hybridized carbons (Fsp3) is 0.750. The van der Waals surface area contributed by atoms with Gasteiger partial charge in [-0.15, -0.1) is 5.10 Å². The molecular weight excluding hydrogens is 200 g/mol. The molecule has 0 amide bonds. The number of nitrogens with one attached hydrogen (secondary N) is 1. The molecule has 0 radical (unpaired) electrons. The third-order valence-corrected chi connectivity index (χ3v) is 3.16. The number of nitrogens with two attached hydrogens (primary N) is 1. The number of hydrogen-bond acceptors (Lipinski definition) is 5. The Labute approximate surface area is 87.5 Å². The summed E-state index contributed by atoms with van der Waals surface area (Å²) in [6.45, 7) is 3.88. The number of aliphatic hydroxyl groups excluding tert-OH is 1. The molecule has 1 aromatic rings. The molecule has 2 atom stereocenters. The highest BCUT2D eigenvalue weighted by Crippen LogP contribution is 2.21. The monoisotopic (exact) mass is 216 g/mol. The molecule has 2 unspecified atom stereocenters. The van der Waals surface area contributed by atoms with Gasteiger partial charge in [0, 0.05) is 6.04 Å². The fourth-order valence-electron chi connectivity index (χ4n) is 1.03. The van der Waals surface area contributed by atoms with E-state index in [1.807, 2.05) is 13.8 Å². The summed E-state index contributed by atoms with van der Waals surface area (Å²) in [5, 5.41) is 16.5. The maximum absolute atomic E-state index is 9.13. The lowest BCUT2D eigenvalue weighted by Gasteiger charge is -2.17. The van der Waals surface area contributed by atoms with Crippen molar-refractivity contribution in [3.63, 3.8) is 0 Å². The maximum Gasteiger partial charge on any atom is 0.208 e. The summed E-state index contributed by atoms with van der Waals surface area (Å²) in [5.41, 5.74) is 5.84. The highest BCUT2D eigenvalue weighted by molar-refractivity contribution is 7.99. The normalized spacial score (nSPS) is 15.4. The number of aliphatic hydroxyl groups is 1. The zero-order chi connectivity index (χ0) is 10.6. The lowest BCUT2D eigenvalue weighted by atomic mass is 10.2. The van der Waals surface area contributed by atoms with Crippen molar-refractivity contribution in [1.82, 2.24) is 15.2 Å². The Morgan fingerprint density at radius 1 is 1.64 bits per heavy atom. The molecule has 80 valence electrons. The molecule has 0 saturated carbocycles. The molecule has 0 bridgehead atoms. The van der Waals surface area contributed by atoms with Gasteiger partial charge in [-0.25, -0.2) is 4.98 Å². The van der Waals surface area contributed by atoms with Crippen LogP contribution in [0.4, 0.5) is 0 Å². The van der Waals surface area contributed by atoms with E-state index in [4.69, 9.17) is 10.8 Å². The Balaban J connectivity index is 2.56. The number of hydrogen-bond donors (Lipinski definition) is 3. The van der Waals surface area contributed by atoms with E-state index in [1.54, 1.807) is 0 Å². The van der Waals surface area contributed by atoms with Gasteiger partial charge in [-0.05, 0) is 13.3 Å². The van der Waals surface area contributed by atoms with Gasteiger partial charge in [0.25, 0.3) is 0 Å². The lowest BCUT2D eigenvalue weighted by molar-refractivity contribution is 0.281. The molecule has 0 spiro atoms. The van der Waals surface area contributed by atoms with Crippen LogP contribution in [0.5, 0.6) is 0 Å². The minimum atomic E-state index is -0.0322. The van der Waals surface area contributed by atoms with Gasteiger partial charge in [0.1, 0.15) is 5.82 Å². The molecule has 0 aliphatic heterocycles. The van der Waals surface area contributed by atoms with Crippen LogP contribution in [-0.4, -0.2) is 38.2 Å². The second-order valence-electron chi connectivity index (χ2n) is 3.11. The minimum absolute atomic E-state index is 0.0243. The predicted octanol–water partition coefficient (Wildman–Crippen LogP) is 0.303. The number of aromatic amines is 1. The van der Waals surface area contributed by atoms with Gasteiger partial charge in [-0.1, -0.05) is 18.7 Å². The summed E-state index contributed by atoms with van der Waals surface area (Å²) in [6, 6.07) is -0.0243. The average Bonchev–Trinajstić information content (AvgIpc) is 2.59. The molecule has 0 aromatic carbocycles. The van der Waals surface area contributed by atoms with Crippen LogP contribution in [0.3, 0.4) is 0 Å². The molecule has 0 aliphatic carbocycles. The van der Waals surface area contributed by atoms with Crippen LogP contribution in [0.25, 0.3) is 0 Å². The van der Waals surface area contributed by atoms with Crippen molar-refractivity contribution >= 4 is 11.8 Å². The number of aromatic nitrogens is 3. The number of H-pyrrole nitrogens is 1. The van der Waals surface area contributed by atoms with Crippen molar-refractivity contribution in [3.8, 4) is 0 Å². The molecule has 4 N–H and O–H groups in total. The smallest absolute Gasteiger partial charge is 0.208 e. The van der Waals surface area contributed by atoms with Gasteiger partial charge in [-0.3, -0.25) is 5.10 Å². The van der Waals surface area contributed by atoms with E-state index in [-0.39, 0.29) is 17.9 Å². The first kappa shape index (κ1) is 11.5. The van der Waals surface area contributed by atoms with E-state index in [0.29, 0.717) is 5.16 Å². The fourth-order valence-corrected chi connectivity index (χ4v) is 2.03. The summed E-state index contributed by atoms with van der Waals surface area (Å²) in [5.74, 6) is 0.772. The average molecular weight is 216 g/mol. The molecule has 6 heteroatoms. The van der Waals surface area contributed by atoms with Crippen molar-refractivity contribution in [2.45, 2.75) is 36.7 Å². The van der Waals surface area contributed by atoms with Crippen molar-refractivity contribution in [3.05, 3.63) is 5.82 Å². The van der Waals surface area contributed by atoms with Crippen molar-refractivity contribution in [2.24, 2.45) is 5.73 Å².